The van der Waals surface area contributed by atoms with Crippen molar-refractivity contribution in [2.75, 3.05) is 45.8 Å². The van der Waals surface area contributed by atoms with Crippen LogP contribution in [0.5, 0.6) is 0 Å². The normalized spacial score (nSPS) is 46.3. The Bertz CT molecular complexity index is 224. The molecule has 0 spiro atoms. The van der Waals surface area contributed by atoms with Crippen molar-refractivity contribution in [3.05, 3.63) is 0 Å². The molecule has 0 aliphatic carbocycles. The van der Waals surface area contributed by atoms with E-state index in [-0.39, 0.29) is 0 Å². The lowest BCUT2D eigenvalue weighted by atomic mass is 10.6. The maximum absolute atomic E-state index is 5.76. The molecule has 2 heterocycles. The molecule has 0 N–H and O–H groups in total. The van der Waals surface area contributed by atoms with E-state index in [1.807, 2.05) is 0 Å². The van der Waals surface area contributed by atoms with Crippen LogP contribution in [0.2, 0.25) is 0 Å². The minimum Gasteiger partial charge on any atom is -0.280 e. The first-order chi connectivity index (χ1) is 6.11. The van der Waals surface area contributed by atoms with Gasteiger partial charge in [-0.05, 0) is 19.2 Å². The van der Waals surface area contributed by atoms with Crippen LogP contribution in [-0.4, -0.2) is 60.5 Å². The zero-order valence-electron chi connectivity index (χ0n) is 8.44. The predicted molar refractivity (Wildman–Crippen MR) is 60.6 cm³/mol. The van der Waals surface area contributed by atoms with Crippen LogP contribution in [0.4, 0.5) is 0 Å². The lowest BCUT2D eigenvalue weighted by molar-refractivity contribution is -0.00378. The van der Waals surface area contributed by atoms with E-state index in [0.29, 0.717) is 0 Å². The van der Waals surface area contributed by atoms with Crippen molar-refractivity contribution in [1.82, 2.24) is 14.7 Å². The Morgan fingerprint density at radius 3 is 2.15 bits per heavy atom. The average molecular weight is 219 g/mol. The fourth-order valence-electron chi connectivity index (χ4n) is 2.25. The number of hydrogen-bond acceptors (Lipinski definition) is 4. The molecule has 0 radical (unpaired) electrons. The molecule has 2 fully saturated rings. The van der Waals surface area contributed by atoms with Crippen LogP contribution in [0.15, 0.2) is 0 Å². The molecule has 0 aromatic carbocycles. The Balaban J connectivity index is 2.10. The van der Waals surface area contributed by atoms with Gasteiger partial charge in [0.15, 0.2) is 0 Å². The van der Waals surface area contributed by atoms with Crippen molar-refractivity contribution in [3.8, 4) is 0 Å². The first-order valence-electron chi connectivity index (χ1n) is 4.82. The fourth-order valence-corrected chi connectivity index (χ4v) is 5.54. The molecule has 2 saturated heterocycles. The summed E-state index contributed by atoms with van der Waals surface area (Å²) in [5.74, 6) is 0. The summed E-state index contributed by atoms with van der Waals surface area (Å²) in [6, 6.07) is -1.04. The second kappa shape index (κ2) is 3.59. The summed E-state index contributed by atoms with van der Waals surface area (Å²) in [4.78, 5) is 7.35. The standard InChI is InChI=1S/C8H18N3PS/c1-3-12(13)7-10-4-9(2)5-11(6-10)8-12/h3-8H2,1-2H3. The Labute approximate surface area is 85.7 Å². The molecule has 0 aromatic rings. The molecule has 3 nitrogen and oxygen atoms in total. The molecular formula is C8H18N3PS. The Hall–Kier alpha value is 0.530. The van der Waals surface area contributed by atoms with Crippen molar-refractivity contribution in [1.29, 1.82) is 0 Å². The topological polar surface area (TPSA) is 9.72 Å². The third-order valence-corrected chi connectivity index (χ3v) is 7.23. The first-order valence-corrected chi connectivity index (χ1v) is 8.17. The molecule has 2 aliphatic heterocycles. The molecule has 0 saturated carbocycles. The molecular weight excluding hydrogens is 201 g/mol. The van der Waals surface area contributed by atoms with Gasteiger partial charge in [0.25, 0.3) is 0 Å². The summed E-state index contributed by atoms with van der Waals surface area (Å²) in [6.07, 6.45) is 3.61. The minimum absolute atomic E-state index is 1.04. The highest BCUT2D eigenvalue weighted by Crippen LogP contribution is 2.49. The van der Waals surface area contributed by atoms with Crippen LogP contribution in [0, 0.1) is 0 Å². The lowest BCUT2D eigenvalue weighted by Crippen LogP contribution is -2.57. The second-order valence-corrected chi connectivity index (χ2v) is 9.92. The minimum atomic E-state index is -1.04. The highest BCUT2D eigenvalue weighted by Gasteiger charge is 2.33. The zero-order valence-corrected chi connectivity index (χ0v) is 10.2. The molecule has 0 amide bonds. The molecule has 13 heavy (non-hydrogen) atoms. The SMILES string of the molecule is CCP1(=S)CN2CN(C)CN(C2)C1. The third kappa shape index (κ3) is 2.13. The van der Waals surface area contributed by atoms with Crippen LogP contribution >= 0.6 is 6.04 Å². The van der Waals surface area contributed by atoms with Gasteiger partial charge < -0.3 is 0 Å². The summed E-state index contributed by atoms with van der Waals surface area (Å²) in [5, 5.41) is 0. The van der Waals surface area contributed by atoms with E-state index in [4.69, 9.17) is 11.8 Å². The van der Waals surface area contributed by atoms with Crippen molar-refractivity contribution in [3.63, 3.8) is 0 Å². The molecule has 2 bridgehead atoms. The smallest absolute Gasteiger partial charge is 0.0538 e. The van der Waals surface area contributed by atoms with Gasteiger partial charge in [0.1, 0.15) is 0 Å². The Morgan fingerprint density at radius 1 is 1.15 bits per heavy atom. The summed E-state index contributed by atoms with van der Waals surface area (Å²) in [5.41, 5.74) is 0. The summed E-state index contributed by atoms with van der Waals surface area (Å²) >= 11 is 5.76. The molecule has 2 aliphatic rings. The van der Waals surface area contributed by atoms with Crippen LogP contribution in [0.25, 0.3) is 0 Å². The molecule has 0 aromatic heterocycles. The summed E-state index contributed by atoms with van der Waals surface area (Å²) < 4.78 is 0. The lowest BCUT2D eigenvalue weighted by Gasteiger charge is -2.48. The molecule has 2 unspecified atom stereocenters. The van der Waals surface area contributed by atoms with E-state index in [0.717, 1.165) is 20.0 Å². The van der Waals surface area contributed by atoms with Crippen molar-refractivity contribution in [2.24, 2.45) is 0 Å². The molecule has 76 valence electrons. The second-order valence-electron chi connectivity index (χ2n) is 4.28. The predicted octanol–water partition coefficient (Wildman–Crippen LogP) is 0.836. The van der Waals surface area contributed by atoms with Gasteiger partial charge in [0, 0.05) is 12.6 Å². The van der Waals surface area contributed by atoms with Gasteiger partial charge in [-0.25, -0.2) is 0 Å². The number of hydrogen-bond donors (Lipinski definition) is 0. The van der Waals surface area contributed by atoms with E-state index in [2.05, 4.69) is 28.7 Å². The molecule has 5 heteroatoms. The van der Waals surface area contributed by atoms with Crippen LogP contribution in [0.1, 0.15) is 6.92 Å². The summed E-state index contributed by atoms with van der Waals surface area (Å²) in [7, 11) is 2.18. The van der Waals surface area contributed by atoms with E-state index in [1.54, 1.807) is 0 Å². The number of nitrogens with zero attached hydrogens (tertiary/aromatic N) is 3. The van der Waals surface area contributed by atoms with Gasteiger partial charge >= 0.3 is 0 Å². The number of rotatable bonds is 1. The van der Waals surface area contributed by atoms with Crippen LogP contribution in [-0.2, 0) is 11.8 Å². The van der Waals surface area contributed by atoms with Gasteiger partial charge in [0.05, 0.1) is 20.0 Å². The highest BCUT2D eigenvalue weighted by atomic mass is 32.4. The van der Waals surface area contributed by atoms with Gasteiger partial charge in [0.2, 0.25) is 0 Å². The first kappa shape index (κ1) is 10.1. The van der Waals surface area contributed by atoms with Crippen LogP contribution < -0.4 is 0 Å². The largest absolute Gasteiger partial charge is 0.280 e. The maximum Gasteiger partial charge on any atom is 0.0538 e. The fraction of sp³-hybridized carbons (Fsp3) is 1.00. The maximum atomic E-state index is 5.76. The third-order valence-electron chi connectivity index (χ3n) is 2.77. The van der Waals surface area contributed by atoms with E-state index in [1.165, 1.54) is 18.7 Å². The van der Waals surface area contributed by atoms with Crippen molar-refractivity contribution < 1.29 is 0 Å². The molecule has 2 atom stereocenters. The zero-order chi connectivity index (χ0) is 9.47. The average Bonchev–Trinajstić information content (AvgIpc) is 2.01. The van der Waals surface area contributed by atoms with E-state index in [9.17, 15) is 0 Å². The van der Waals surface area contributed by atoms with Crippen LogP contribution in [0.3, 0.4) is 0 Å². The highest BCUT2D eigenvalue weighted by molar-refractivity contribution is 8.14. The van der Waals surface area contributed by atoms with Crippen molar-refractivity contribution >= 4 is 17.8 Å². The van der Waals surface area contributed by atoms with Crippen molar-refractivity contribution in [2.45, 2.75) is 6.92 Å². The Kier molecular flexibility index (Phi) is 2.78. The van der Waals surface area contributed by atoms with Gasteiger partial charge in [-0.1, -0.05) is 18.7 Å². The monoisotopic (exact) mass is 219 g/mol. The van der Waals surface area contributed by atoms with Gasteiger partial charge in [-0.2, -0.15) is 0 Å². The molecule has 2 rings (SSSR count). The van der Waals surface area contributed by atoms with Gasteiger partial charge in [-0.15, -0.1) is 0 Å². The number of fused-ring (bicyclic) bond motifs is 2. The van der Waals surface area contributed by atoms with Gasteiger partial charge in [-0.3, -0.25) is 14.7 Å². The van der Waals surface area contributed by atoms with E-state index < -0.39 is 6.04 Å². The quantitative estimate of drug-likeness (QED) is 0.604. The Morgan fingerprint density at radius 2 is 1.69 bits per heavy atom. The van der Waals surface area contributed by atoms with E-state index >= 15 is 0 Å². The summed E-state index contributed by atoms with van der Waals surface area (Å²) in [6.45, 7) is 5.61.